The minimum absolute atomic E-state index is 0.0401. The van der Waals surface area contributed by atoms with Gasteiger partial charge in [-0.15, -0.1) is 0 Å². The predicted octanol–water partition coefficient (Wildman–Crippen LogP) is 5.12. The lowest BCUT2D eigenvalue weighted by atomic mass is 10.1. The number of aliphatic imine (C=N–C) groups is 1. The molecule has 9 heteroatoms. The first kappa shape index (κ1) is 21.9. The molecule has 3 aromatic carbocycles. The summed E-state index contributed by atoms with van der Waals surface area (Å²) in [5.41, 5.74) is 1.89. The zero-order chi connectivity index (χ0) is 23.5. The van der Waals surface area contributed by atoms with E-state index < -0.39 is 16.9 Å². The fraction of sp³-hybridized carbons (Fsp3) is 0.0417. The van der Waals surface area contributed by atoms with Crippen LogP contribution in [0.3, 0.4) is 0 Å². The lowest BCUT2D eigenvalue weighted by molar-refractivity contribution is -0.384. The molecule has 0 aromatic heterocycles. The van der Waals surface area contributed by atoms with Crippen LogP contribution in [0.4, 0.5) is 5.69 Å². The molecule has 0 saturated carbocycles. The topological polar surface area (TPSA) is 108 Å². The molecule has 0 bridgehead atoms. The van der Waals surface area contributed by atoms with Crippen LogP contribution in [-0.4, -0.2) is 22.8 Å². The number of non-ortho nitro benzene ring substituents is 1. The molecule has 0 fully saturated rings. The summed E-state index contributed by atoms with van der Waals surface area (Å²) in [7, 11) is 0. The highest BCUT2D eigenvalue weighted by Gasteiger charge is 2.24. The number of benzene rings is 3. The number of carbonyl (C=O) groups is 2. The van der Waals surface area contributed by atoms with E-state index in [1.165, 1.54) is 30.3 Å². The van der Waals surface area contributed by atoms with Gasteiger partial charge in [0.2, 0.25) is 5.90 Å². The molecule has 0 unspecified atom stereocenters. The molecule has 0 aliphatic carbocycles. The van der Waals surface area contributed by atoms with Crippen molar-refractivity contribution in [1.82, 2.24) is 0 Å². The first-order valence-electron chi connectivity index (χ1n) is 9.66. The second kappa shape index (κ2) is 9.05. The standard InChI is InChI=1S/C24H15ClN2O6/c1-14-8-9-16(13-20(14)25)22-26-21(24(29)33-22)11-15-4-2-7-19(10-15)32-23(28)17-5-3-6-18(12-17)27(30)31/h2-13H,1H3/b21-11+. The zero-order valence-electron chi connectivity index (χ0n) is 17.2. The summed E-state index contributed by atoms with van der Waals surface area (Å²) < 4.78 is 10.6. The van der Waals surface area contributed by atoms with E-state index in [2.05, 4.69) is 4.99 Å². The Morgan fingerprint density at radius 2 is 1.91 bits per heavy atom. The van der Waals surface area contributed by atoms with Gasteiger partial charge in [0.05, 0.1) is 10.5 Å². The van der Waals surface area contributed by atoms with Crippen molar-refractivity contribution in [3.05, 3.63) is 110 Å². The molecule has 1 aliphatic heterocycles. The third kappa shape index (κ3) is 4.97. The molecule has 0 spiro atoms. The van der Waals surface area contributed by atoms with E-state index in [0.717, 1.165) is 11.6 Å². The van der Waals surface area contributed by atoms with Crippen LogP contribution >= 0.6 is 11.6 Å². The van der Waals surface area contributed by atoms with E-state index in [1.54, 1.807) is 36.4 Å². The van der Waals surface area contributed by atoms with Crippen LogP contribution < -0.4 is 4.74 Å². The maximum atomic E-state index is 12.4. The minimum atomic E-state index is -0.750. The summed E-state index contributed by atoms with van der Waals surface area (Å²) in [5.74, 6) is -1.04. The maximum Gasteiger partial charge on any atom is 0.363 e. The number of nitro groups is 1. The number of rotatable bonds is 5. The van der Waals surface area contributed by atoms with Crippen molar-refractivity contribution in [2.45, 2.75) is 6.92 Å². The Hall–Kier alpha value is -4.30. The lowest BCUT2D eigenvalue weighted by Gasteiger charge is -2.05. The Kier molecular flexibility index (Phi) is 6.01. The second-order valence-corrected chi connectivity index (χ2v) is 7.48. The number of carbonyl (C=O) groups excluding carboxylic acids is 2. The molecule has 0 atom stereocenters. The van der Waals surface area contributed by atoms with Gasteiger partial charge in [0, 0.05) is 22.7 Å². The van der Waals surface area contributed by atoms with E-state index >= 15 is 0 Å². The third-order valence-corrected chi connectivity index (χ3v) is 5.11. The molecule has 1 aliphatic rings. The highest BCUT2D eigenvalue weighted by molar-refractivity contribution is 6.31. The van der Waals surface area contributed by atoms with Crippen LogP contribution in [0.1, 0.15) is 27.0 Å². The molecule has 164 valence electrons. The van der Waals surface area contributed by atoms with Gasteiger partial charge in [0.15, 0.2) is 5.70 Å². The largest absolute Gasteiger partial charge is 0.423 e. The second-order valence-electron chi connectivity index (χ2n) is 7.07. The summed E-state index contributed by atoms with van der Waals surface area (Å²) in [6.45, 7) is 1.86. The highest BCUT2D eigenvalue weighted by Crippen LogP contribution is 2.24. The summed E-state index contributed by atoms with van der Waals surface area (Å²) in [6.07, 6.45) is 1.50. The van der Waals surface area contributed by atoms with Crippen LogP contribution in [0.2, 0.25) is 5.02 Å². The summed E-state index contributed by atoms with van der Waals surface area (Å²) in [6, 6.07) is 16.9. The van der Waals surface area contributed by atoms with Crippen molar-refractivity contribution in [3.63, 3.8) is 0 Å². The van der Waals surface area contributed by atoms with Crippen LogP contribution in [0.15, 0.2) is 77.4 Å². The Morgan fingerprint density at radius 1 is 1.12 bits per heavy atom. The first-order chi connectivity index (χ1) is 15.8. The lowest BCUT2D eigenvalue weighted by Crippen LogP contribution is -2.08. The van der Waals surface area contributed by atoms with E-state index in [4.69, 9.17) is 21.1 Å². The quantitative estimate of drug-likeness (QED) is 0.171. The summed E-state index contributed by atoms with van der Waals surface area (Å²) >= 11 is 6.14. The molecular formula is C24H15ClN2O6. The average Bonchev–Trinajstić information content (AvgIpc) is 3.16. The Balaban J connectivity index is 1.55. The molecule has 1 heterocycles. The van der Waals surface area contributed by atoms with Crippen LogP contribution in [-0.2, 0) is 9.53 Å². The van der Waals surface area contributed by atoms with Crippen molar-refractivity contribution in [2.75, 3.05) is 0 Å². The monoisotopic (exact) mass is 462 g/mol. The molecule has 0 radical (unpaired) electrons. The minimum Gasteiger partial charge on any atom is -0.423 e. The number of esters is 2. The van der Waals surface area contributed by atoms with Crippen LogP contribution in [0, 0.1) is 17.0 Å². The van der Waals surface area contributed by atoms with Crippen LogP contribution in [0.5, 0.6) is 5.75 Å². The van der Waals surface area contributed by atoms with E-state index in [-0.39, 0.29) is 28.6 Å². The Bertz CT molecular complexity index is 1360. The number of cyclic esters (lactones) is 1. The van der Waals surface area contributed by atoms with Crippen molar-refractivity contribution in [1.29, 1.82) is 0 Å². The van der Waals surface area contributed by atoms with Gasteiger partial charge in [-0.3, -0.25) is 10.1 Å². The van der Waals surface area contributed by atoms with Gasteiger partial charge >= 0.3 is 11.9 Å². The average molecular weight is 463 g/mol. The highest BCUT2D eigenvalue weighted by atomic mass is 35.5. The van der Waals surface area contributed by atoms with E-state index in [1.807, 2.05) is 6.92 Å². The summed E-state index contributed by atoms with van der Waals surface area (Å²) in [5, 5.41) is 11.4. The number of halogens is 1. The fourth-order valence-corrected chi connectivity index (χ4v) is 3.18. The SMILES string of the molecule is Cc1ccc(C2=N/C(=C/c3cccc(OC(=O)c4cccc([N+](=O)[O-])c4)c3)C(=O)O2)cc1Cl. The maximum absolute atomic E-state index is 12.4. The number of ether oxygens (including phenoxy) is 2. The number of nitro benzene ring substituents is 1. The Labute approximate surface area is 192 Å². The Morgan fingerprint density at radius 3 is 2.67 bits per heavy atom. The molecule has 33 heavy (non-hydrogen) atoms. The van der Waals surface area contributed by atoms with Crippen LogP contribution in [0.25, 0.3) is 6.08 Å². The van der Waals surface area contributed by atoms with Gasteiger partial charge in [0.25, 0.3) is 5.69 Å². The smallest absolute Gasteiger partial charge is 0.363 e. The number of hydrogen-bond acceptors (Lipinski definition) is 7. The van der Waals surface area contributed by atoms with Gasteiger partial charge in [0.1, 0.15) is 5.75 Å². The fourth-order valence-electron chi connectivity index (χ4n) is 3.00. The molecule has 0 amide bonds. The van der Waals surface area contributed by atoms with Gasteiger partial charge in [-0.25, -0.2) is 14.6 Å². The number of aryl methyl sites for hydroxylation is 1. The molecule has 0 saturated heterocycles. The van der Waals surface area contributed by atoms with Crippen molar-refractivity contribution in [3.8, 4) is 5.75 Å². The van der Waals surface area contributed by atoms with E-state index in [9.17, 15) is 19.7 Å². The number of hydrogen-bond donors (Lipinski definition) is 0. The molecular weight excluding hydrogens is 448 g/mol. The normalized spacial score (nSPS) is 14.1. The van der Waals surface area contributed by atoms with E-state index in [0.29, 0.717) is 16.1 Å². The predicted molar refractivity (Wildman–Crippen MR) is 121 cm³/mol. The number of nitrogens with zero attached hydrogens (tertiary/aromatic N) is 2. The van der Waals surface area contributed by atoms with Gasteiger partial charge in [-0.05, 0) is 54.5 Å². The third-order valence-electron chi connectivity index (χ3n) is 4.70. The van der Waals surface area contributed by atoms with Crippen molar-refractivity contribution in [2.24, 2.45) is 4.99 Å². The van der Waals surface area contributed by atoms with Crippen molar-refractivity contribution >= 4 is 41.2 Å². The molecule has 0 N–H and O–H groups in total. The molecule has 8 nitrogen and oxygen atoms in total. The molecule has 4 rings (SSSR count). The van der Waals surface area contributed by atoms with Gasteiger partial charge in [-0.1, -0.05) is 35.9 Å². The first-order valence-corrected chi connectivity index (χ1v) is 10.0. The van der Waals surface area contributed by atoms with Crippen molar-refractivity contribution < 1.29 is 24.0 Å². The summed E-state index contributed by atoms with van der Waals surface area (Å²) in [4.78, 5) is 39.2. The van der Waals surface area contributed by atoms with Gasteiger partial charge < -0.3 is 9.47 Å². The van der Waals surface area contributed by atoms with Gasteiger partial charge in [-0.2, -0.15) is 0 Å². The molecule has 3 aromatic rings. The zero-order valence-corrected chi connectivity index (χ0v) is 17.9.